The van der Waals surface area contributed by atoms with Crippen LogP contribution in [0.15, 0.2) is 64.3 Å². The first kappa shape index (κ1) is 19.0. The first-order valence-electron chi connectivity index (χ1n) is 8.45. The van der Waals surface area contributed by atoms with Crippen molar-refractivity contribution >= 4 is 23.4 Å². The maximum atomic E-state index is 13.0. The van der Waals surface area contributed by atoms with E-state index in [2.05, 4.69) is 5.32 Å². The lowest BCUT2D eigenvalue weighted by atomic mass is 10.3. The summed E-state index contributed by atoms with van der Waals surface area (Å²) < 4.78 is 16.2. The number of nitrogens with zero attached hydrogens (tertiary/aromatic N) is 2. The van der Waals surface area contributed by atoms with Crippen molar-refractivity contribution in [1.82, 2.24) is 9.36 Å². The van der Waals surface area contributed by atoms with Crippen molar-refractivity contribution in [2.75, 3.05) is 5.32 Å². The Hall–Kier alpha value is -2.80. The summed E-state index contributed by atoms with van der Waals surface area (Å²) in [6, 6.07) is 15.2. The summed E-state index contributed by atoms with van der Waals surface area (Å²) in [5.74, 6) is -0.604. The molecule has 0 saturated carbocycles. The Morgan fingerprint density at radius 2 is 1.74 bits per heavy atom. The number of anilines is 1. The van der Waals surface area contributed by atoms with Crippen molar-refractivity contribution in [2.45, 2.75) is 24.0 Å². The number of amides is 1. The number of nitrogens with one attached hydrogen (secondary N) is 1. The summed E-state index contributed by atoms with van der Waals surface area (Å²) in [6.45, 7) is 3.53. The van der Waals surface area contributed by atoms with Gasteiger partial charge in [0.15, 0.2) is 0 Å². The summed E-state index contributed by atoms with van der Waals surface area (Å²) in [6.07, 6.45) is 0. The smallest absolute Gasteiger partial charge is 0.295 e. The van der Waals surface area contributed by atoms with E-state index in [1.807, 2.05) is 30.3 Å². The third kappa shape index (κ3) is 3.98. The minimum Gasteiger partial charge on any atom is -0.319 e. The second-order valence-corrected chi connectivity index (χ2v) is 7.55. The van der Waals surface area contributed by atoms with Gasteiger partial charge < -0.3 is 5.32 Å². The predicted octanol–water partition coefficient (Wildman–Crippen LogP) is 3.74. The number of thioether (sulfide) groups is 1. The van der Waals surface area contributed by atoms with Crippen LogP contribution in [-0.2, 0) is 11.8 Å². The van der Waals surface area contributed by atoms with E-state index in [0.717, 1.165) is 10.6 Å². The fourth-order valence-electron chi connectivity index (χ4n) is 2.71. The fourth-order valence-corrected chi connectivity index (χ4v) is 3.58. The highest BCUT2D eigenvalue weighted by Gasteiger charge is 2.21. The minimum absolute atomic E-state index is 0.262. The number of benzene rings is 2. The molecule has 0 radical (unpaired) electrons. The number of hydrogen-bond acceptors (Lipinski definition) is 3. The molecular weight excluding hydrogens is 365 g/mol. The average molecular weight is 385 g/mol. The molecule has 0 bridgehead atoms. The van der Waals surface area contributed by atoms with Crippen LogP contribution in [0, 0.1) is 12.7 Å². The van der Waals surface area contributed by atoms with Gasteiger partial charge in [-0.3, -0.25) is 14.3 Å². The molecule has 1 unspecified atom stereocenters. The maximum absolute atomic E-state index is 13.0. The largest absolute Gasteiger partial charge is 0.319 e. The molecule has 1 amide bonds. The molecule has 1 N–H and O–H groups in total. The quantitative estimate of drug-likeness (QED) is 0.681. The summed E-state index contributed by atoms with van der Waals surface area (Å²) in [5.41, 5.74) is 1.37. The van der Waals surface area contributed by atoms with Crippen LogP contribution in [0.4, 0.5) is 10.1 Å². The number of rotatable bonds is 5. The van der Waals surface area contributed by atoms with E-state index in [9.17, 15) is 14.0 Å². The molecule has 2 aromatic carbocycles. The normalized spacial score (nSPS) is 12.0. The van der Waals surface area contributed by atoms with Crippen molar-refractivity contribution in [3.05, 3.63) is 76.5 Å². The van der Waals surface area contributed by atoms with Crippen LogP contribution in [0.5, 0.6) is 0 Å². The molecule has 0 spiro atoms. The van der Waals surface area contributed by atoms with Crippen LogP contribution in [0.25, 0.3) is 5.69 Å². The number of para-hydroxylation sites is 1. The Labute approximate surface area is 160 Å². The summed E-state index contributed by atoms with van der Waals surface area (Å²) in [4.78, 5) is 26.2. The lowest BCUT2D eigenvalue weighted by molar-refractivity contribution is -0.115. The molecule has 1 aromatic heterocycles. The van der Waals surface area contributed by atoms with Crippen molar-refractivity contribution in [2.24, 2.45) is 7.05 Å². The first-order valence-corrected chi connectivity index (χ1v) is 9.33. The van der Waals surface area contributed by atoms with Gasteiger partial charge in [0.25, 0.3) is 5.56 Å². The molecule has 0 aliphatic carbocycles. The number of aromatic nitrogens is 2. The monoisotopic (exact) mass is 385 g/mol. The van der Waals surface area contributed by atoms with Gasteiger partial charge in [0, 0.05) is 11.9 Å². The van der Waals surface area contributed by atoms with E-state index in [-0.39, 0.29) is 23.0 Å². The maximum Gasteiger partial charge on any atom is 0.295 e. The van der Waals surface area contributed by atoms with Crippen LogP contribution < -0.4 is 10.9 Å². The minimum atomic E-state index is -0.445. The van der Waals surface area contributed by atoms with Crippen molar-refractivity contribution in [1.29, 1.82) is 0 Å². The van der Waals surface area contributed by atoms with Gasteiger partial charge in [0.1, 0.15) is 11.5 Å². The van der Waals surface area contributed by atoms with Crippen LogP contribution in [0.1, 0.15) is 12.6 Å². The summed E-state index contributed by atoms with van der Waals surface area (Å²) in [7, 11) is 1.77. The van der Waals surface area contributed by atoms with Crippen molar-refractivity contribution in [3.8, 4) is 5.69 Å². The van der Waals surface area contributed by atoms with Gasteiger partial charge in [0.05, 0.1) is 16.6 Å². The molecule has 0 aliphatic rings. The molecule has 0 fully saturated rings. The second kappa shape index (κ2) is 7.84. The zero-order chi connectivity index (χ0) is 19.6. The molecule has 7 heteroatoms. The van der Waals surface area contributed by atoms with E-state index < -0.39 is 5.25 Å². The highest BCUT2D eigenvalue weighted by Crippen LogP contribution is 2.24. The SMILES string of the molecule is Cc1c(NC(=O)C(C)Sc2ccc(F)cc2)c(=O)n(-c2ccccc2)n1C. The van der Waals surface area contributed by atoms with Gasteiger partial charge in [-0.1, -0.05) is 18.2 Å². The van der Waals surface area contributed by atoms with Crippen LogP contribution in [0.2, 0.25) is 0 Å². The van der Waals surface area contributed by atoms with Gasteiger partial charge in [-0.2, -0.15) is 0 Å². The molecule has 27 heavy (non-hydrogen) atoms. The molecule has 3 aromatic rings. The van der Waals surface area contributed by atoms with E-state index in [1.54, 1.807) is 37.7 Å². The molecule has 140 valence electrons. The van der Waals surface area contributed by atoms with Gasteiger partial charge in [0.2, 0.25) is 5.91 Å². The highest BCUT2D eigenvalue weighted by atomic mass is 32.2. The number of halogens is 1. The van der Waals surface area contributed by atoms with Crippen molar-refractivity contribution < 1.29 is 9.18 Å². The van der Waals surface area contributed by atoms with E-state index >= 15 is 0 Å². The standard InChI is InChI=1S/C20H20FN3O2S/c1-13-18(20(26)24(23(13)3)16-7-5-4-6-8-16)22-19(25)14(2)27-17-11-9-15(21)10-12-17/h4-12,14H,1-3H3,(H,22,25). The molecule has 3 rings (SSSR count). The fraction of sp³-hybridized carbons (Fsp3) is 0.200. The Balaban J connectivity index is 1.82. The zero-order valence-electron chi connectivity index (χ0n) is 15.3. The molecule has 0 aliphatic heterocycles. The number of carbonyl (C=O) groups excluding carboxylic acids is 1. The van der Waals surface area contributed by atoms with Gasteiger partial charge in [-0.05, 0) is 50.2 Å². The zero-order valence-corrected chi connectivity index (χ0v) is 16.1. The van der Waals surface area contributed by atoms with Crippen LogP contribution in [0.3, 0.4) is 0 Å². The molecule has 0 saturated heterocycles. The number of hydrogen-bond donors (Lipinski definition) is 1. The average Bonchev–Trinajstić information content (AvgIpc) is 2.87. The van der Waals surface area contributed by atoms with Gasteiger partial charge in [-0.15, -0.1) is 11.8 Å². The van der Waals surface area contributed by atoms with E-state index in [4.69, 9.17) is 0 Å². The second-order valence-electron chi connectivity index (χ2n) is 6.14. The first-order chi connectivity index (χ1) is 12.9. The molecule has 5 nitrogen and oxygen atoms in total. The Bertz CT molecular complexity index is 1010. The molecular formula is C20H20FN3O2S. The molecule has 1 heterocycles. The lowest BCUT2D eigenvalue weighted by Crippen LogP contribution is -2.27. The van der Waals surface area contributed by atoms with Gasteiger partial charge >= 0.3 is 0 Å². The van der Waals surface area contributed by atoms with E-state index in [1.165, 1.54) is 28.6 Å². The lowest BCUT2D eigenvalue weighted by Gasteiger charge is -2.11. The van der Waals surface area contributed by atoms with Crippen LogP contribution >= 0.6 is 11.8 Å². The summed E-state index contributed by atoms with van der Waals surface area (Å²) in [5, 5.41) is 2.31. The third-order valence-electron chi connectivity index (χ3n) is 4.30. The third-order valence-corrected chi connectivity index (χ3v) is 5.41. The van der Waals surface area contributed by atoms with E-state index in [0.29, 0.717) is 5.69 Å². The van der Waals surface area contributed by atoms with Crippen LogP contribution in [-0.4, -0.2) is 20.5 Å². The Kier molecular flexibility index (Phi) is 5.51. The summed E-state index contributed by atoms with van der Waals surface area (Å²) >= 11 is 1.30. The predicted molar refractivity (Wildman–Crippen MR) is 106 cm³/mol. The molecule has 1 atom stereocenters. The highest BCUT2D eigenvalue weighted by molar-refractivity contribution is 8.00. The van der Waals surface area contributed by atoms with Crippen molar-refractivity contribution in [3.63, 3.8) is 0 Å². The Morgan fingerprint density at radius 1 is 1.11 bits per heavy atom. The number of carbonyl (C=O) groups is 1. The topological polar surface area (TPSA) is 56.0 Å². The Morgan fingerprint density at radius 3 is 2.37 bits per heavy atom. The van der Waals surface area contributed by atoms with Gasteiger partial charge in [-0.25, -0.2) is 9.07 Å².